The molecule has 0 N–H and O–H groups in total. The molecule has 0 aromatic rings. The summed E-state index contributed by atoms with van der Waals surface area (Å²) in [7, 11) is 1.17. The number of carbonyl (C=O) groups excluding carboxylic acids is 2. The summed E-state index contributed by atoms with van der Waals surface area (Å²) in [6.45, 7) is 4.22. The second-order valence-corrected chi connectivity index (χ2v) is 17.5. The van der Waals surface area contributed by atoms with Gasteiger partial charge in [-0.05, 0) is 38.5 Å². The number of allylic oxidation sites excluding steroid dienone is 2. The van der Waals surface area contributed by atoms with Crippen LogP contribution >= 0.6 is 7.82 Å². The number of nitrogens with zero attached hydrogens (tertiary/aromatic N) is 1. The van der Waals surface area contributed by atoms with Crippen molar-refractivity contribution in [3.05, 3.63) is 12.2 Å². The summed E-state index contributed by atoms with van der Waals surface area (Å²) in [4.78, 5) is 37.4. The third-order valence-electron chi connectivity index (χ3n) is 9.54. The molecule has 0 aliphatic rings. The van der Waals surface area contributed by atoms with Crippen molar-refractivity contribution in [3.8, 4) is 0 Å². The fraction of sp³-hybridized carbons (Fsp3) is 0.907. The molecule has 53 heavy (non-hydrogen) atoms. The first-order valence-electron chi connectivity index (χ1n) is 21.9. The van der Waals surface area contributed by atoms with Gasteiger partial charge in [-0.25, -0.2) is 0 Å². The van der Waals surface area contributed by atoms with Gasteiger partial charge in [0.05, 0.1) is 27.7 Å². The molecule has 314 valence electrons. The van der Waals surface area contributed by atoms with E-state index in [0.717, 1.165) is 44.9 Å². The Bertz CT molecular complexity index is 922. The molecule has 0 aromatic carbocycles. The molecule has 0 aliphatic heterocycles. The zero-order chi connectivity index (χ0) is 39.3. The quantitative estimate of drug-likeness (QED) is 0.0199. The van der Waals surface area contributed by atoms with E-state index in [9.17, 15) is 19.0 Å². The number of carbonyl (C=O) groups is 2. The number of phosphoric ester groups is 1. The van der Waals surface area contributed by atoms with Crippen LogP contribution in [0.5, 0.6) is 0 Å². The van der Waals surface area contributed by atoms with Crippen molar-refractivity contribution in [2.24, 2.45) is 0 Å². The maximum Gasteiger partial charge on any atom is 0.306 e. The molecule has 0 radical (unpaired) electrons. The van der Waals surface area contributed by atoms with Crippen LogP contribution in [-0.4, -0.2) is 70.0 Å². The van der Waals surface area contributed by atoms with Gasteiger partial charge >= 0.3 is 11.9 Å². The average molecular weight is 774 g/mol. The molecule has 10 heteroatoms. The molecule has 0 rings (SSSR count). The van der Waals surface area contributed by atoms with E-state index in [-0.39, 0.29) is 32.0 Å². The van der Waals surface area contributed by atoms with E-state index in [0.29, 0.717) is 17.4 Å². The van der Waals surface area contributed by atoms with Gasteiger partial charge in [0.1, 0.15) is 19.8 Å². The fourth-order valence-corrected chi connectivity index (χ4v) is 6.79. The van der Waals surface area contributed by atoms with Gasteiger partial charge in [-0.2, -0.15) is 0 Å². The molecule has 0 saturated heterocycles. The standard InChI is InChI=1S/C43H84NO8P/c1-6-8-10-12-14-16-18-19-20-21-22-23-24-25-26-28-29-31-33-35-42(45)49-39-41(40-51-53(47,48)50-38-37-44(3,4)5)52-43(46)36-34-32-30-27-17-15-13-11-9-7-2/h21-22,41H,6-20,23-40H2,1-5H3/b22-21-/t41-/m1/s1. The number of likely N-dealkylation sites (N-methyl/N-ethyl adjacent to an activating group) is 1. The third-order valence-corrected chi connectivity index (χ3v) is 10.5. The summed E-state index contributed by atoms with van der Waals surface area (Å²) < 4.78 is 33.8. The minimum atomic E-state index is -4.61. The zero-order valence-corrected chi connectivity index (χ0v) is 36.1. The van der Waals surface area contributed by atoms with E-state index in [1.807, 2.05) is 21.1 Å². The van der Waals surface area contributed by atoms with Crippen molar-refractivity contribution in [1.29, 1.82) is 0 Å². The first-order valence-corrected chi connectivity index (χ1v) is 23.4. The van der Waals surface area contributed by atoms with Crippen LogP contribution in [0.2, 0.25) is 0 Å². The number of rotatable bonds is 40. The van der Waals surface area contributed by atoms with Crippen LogP contribution in [-0.2, 0) is 32.7 Å². The molecule has 0 heterocycles. The summed E-state index contributed by atoms with van der Waals surface area (Å²) in [5.74, 6) is -0.834. The van der Waals surface area contributed by atoms with Crippen LogP contribution in [0.4, 0.5) is 0 Å². The first kappa shape index (κ1) is 51.8. The van der Waals surface area contributed by atoms with Crippen molar-refractivity contribution in [2.75, 3.05) is 47.5 Å². The van der Waals surface area contributed by atoms with Gasteiger partial charge in [-0.1, -0.05) is 161 Å². The van der Waals surface area contributed by atoms with E-state index in [2.05, 4.69) is 26.0 Å². The lowest BCUT2D eigenvalue weighted by atomic mass is 10.1. The van der Waals surface area contributed by atoms with Crippen LogP contribution in [0.25, 0.3) is 0 Å². The maximum absolute atomic E-state index is 12.6. The summed E-state index contributed by atoms with van der Waals surface area (Å²) >= 11 is 0. The fourth-order valence-electron chi connectivity index (χ4n) is 6.06. The van der Waals surface area contributed by atoms with Crippen LogP contribution in [0, 0.1) is 0 Å². The molecule has 0 aliphatic carbocycles. The second kappa shape index (κ2) is 36.4. The smallest absolute Gasteiger partial charge is 0.306 e. The summed E-state index contributed by atoms with van der Waals surface area (Å²) in [6, 6.07) is 0. The van der Waals surface area contributed by atoms with Crippen LogP contribution in [0.1, 0.15) is 200 Å². The highest BCUT2D eigenvalue weighted by Crippen LogP contribution is 2.38. The summed E-state index contributed by atoms with van der Waals surface area (Å²) in [5, 5.41) is 0. The third kappa shape index (κ3) is 40.2. The van der Waals surface area contributed by atoms with Crippen LogP contribution in [0.15, 0.2) is 12.2 Å². The zero-order valence-electron chi connectivity index (χ0n) is 35.2. The Morgan fingerprint density at radius 3 is 1.40 bits per heavy atom. The van der Waals surface area contributed by atoms with E-state index >= 15 is 0 Å². The predicted octanol–water partition coefficient (Wildman–Crippen LogP) is 11.6. The highest BCUT2D eigenvalue weighted by atomic mass is 31.2. The number of quaternary nitrogens is 1. The normalized spacial score (nSPS) is 13.7. The lowest BCUT2D eigenvalue weighted by Crippen LogP contribution is -2.37. The number of phosphoric acid groups is 1. The maximum atomic E-state index is 12.6. The first-order chi connectivity index (χ1) is 25.5. The molecule has 0 fully saturated rings. The van der Waals surface area contributed by atoms with Gasteiger partial charge in [0, 0.05) is 12.8 Å². The Morgan fingerprint density at radius 2 is 0.962 bits per heavy atom. The monoisotopic (exact) mass is 774 g/mol. The topological polar surface area (TPSA) is 111 Å². The number of hydrogen-bond donors (Lipinski definition) is 0. The molecular formula is C43H84NO8P. The van der Waals surface area contributed by atoms with E-state index in [4.69, 9.17) is 18.5 Å². The van der Waals surface area contributed by atoms with E-state index < -0.39 is 26.5 Å². The Hall–Kier alpha value is -1.25. The predicted molar refractivity (Wildman–Crippen MR) is 218 cm³/mol. The summed E-state index contributed by atoms with van der Waals surface area (Å²) in [5.41, 5.74) is 0. The van der Waals surface area contributed by atoms with Crippen molar-refractivity contribution < 1.29 is 42.1 Å². The number of esters is 2. The molecule has 0 aromatic heterocycles. The average Bonchev–Trinajstić information content (AvgIpc) is 3.10. The van der Waals surface area contributed by atoms with Gasteiger partial charge in [0.25, 0.3) is 7.82 Å². The van der Waals surface area contributed by atoms with E-state index in [1.165, 1.54) is 122 Å². The Balaban J connectivity index is 4.26. The summed E-state index contributed by atoms with van der Waals surface area (Å²) in [6.07, 6.45) is 36.7. The molecule has 1 unspecified atom stereocenters. The van der Waals surface area contributed by atoms with Gasteiger partial charge < -0.3 is 27.9 Å². The molecule has 9 nitrogen and oxygen atoms in total. The van der Waals surface area contributed by atoms with Gasteiger partial charge in [0.2, 0.25) is 0 Å². The van der Waals surface area contributed by atoms with Gasteiger partial charge in [0.15, 0.2) is 6.10 Å². The van der Waals surface area contributed by atoms with Crippen LogP contribution in [0.3, 0.4) is 0 Å². The molecule has 2 atom stereocenters. The van der Waals surface area contributed by atoms with E-state index in [1.54, 1.807) is 0 Å². The highest BCUT2D eigenvalue weighted by Gasteiger charge is 2.21. The Labute approximate surface area is 326 Å². The molecular weight excluding hydrogens is 689 g/mol. The molecule has 0 amide bonds. The highest BCUT2D eigenvalue weighted by molar-refractivity contribution is 7.45. The van der Waals surface area contributed by atoms with Crippen molar-refractivity contribution >= 4 is 19.8 Å². The van der Waals surface area contributed by atoms with Crippen LogP contribution < -0.4 is 4.89 Å². The SMILES string of the molecule is CCCCCCCCCC/C=C\CCCCCCCCCC(=O)OC[C@H](COP(=O)([O-])OCC[N+](C)(C)C)OC(=O)CCCCCCCCCCCC. The Kier molecular flexibility index (Phi) is 35.5. The number of unbranched alkanes of at least 4 members (excludes halogenated alkanes) is 24. The number of ether oxygens (including phenoxy) is 2. The largest absolute Gasteiger partial charge is 0.756 e. The van der Waals surface area contributed by atoms with Crippen molar-refractivity contribution in [1.82, 2.24) is 0 Å². The molecule has 0 saturated carbocycles. The Morgan fingerprint density at radius 1 is 0.566 bits per heavy atom. The molecule has 0 spiro atoms. The van der Waals surface area contributed by atoms with Crippen molar-refractivity contribution in [2.45, 2.75) is 206 Å². The van der Waals surface area contributed by atoms with Gasteiger partial charge in [-0.15, -0.1) is 0 Å². The second-order valence-electron chi connectivity index (χ2n) is 16.1. The van der Waals surface area contributed by atoms with Crippen molar-refractivity contribution in [3.63, 3.8) is 0 Å². The lowest BCUT2D eigenvalue weighted by Gasteiger charge is -2.28. The minimum absolute atomic E-state index is 0.0285. The number of hydrogen-bond acceptors (Lipinski definition) is 8. The minimum Gasteiger partial charge on any atom is -0.756 e. The molecule has 0 bridgehead atoms. The lowest BCUT2D eigenvalue weighted by molar-refractivity contribution is -0.870. The van der Waals surface area contributed by atoms with Gasteiger partial charge in [-0.3, -0.25) is 14.2 Å².